The molecule has 0 aliphatic heterocycles. The molecule has 4 unspecified atom stereocenters. The summed E-state index contributed by atoms with van der Waals surface area (Å²) in [6.07, 6.45) is 4.80. The van der Waals surface area contributed by atoms with Gasteiger partial charge in [-0.25, -0.2) is 0 Å². The topological polar surface area (TPSA) is 46.6 Å². The van der Waals surface area contributed by atoms with E-state index in [0.717, 1.165) is 12.3 Å². The van der Waals surface area contributed by atoms with Crippen molar-refractivity contribution in [1.29, 1.82) is 0 Å². The summed E-state index contributed by atoms with van der Waals surface area (Å²) in [5, 5.41) is 0. The Morgan fingerprint density at radius 3 is 2.56 bits per heavy atom. The van der Waals surface area contributed by atoms with Gasteiger partial charge in [0.1, 0.15) is 0 Å². The van der Waals surface area contributed by atoms with Crippen LogP contribution in [-0.2, 0) is 14.3 Å². The Labute approximate surface area is 109 Å². The first kappa shape index (κ1) is 13.4. The monoisotopic (exact) mass is 253 g/mol. The summed E-state index contributed by atoms with van der Waals surface area (Å²) < 4.78 is 4.69. The Hall–Kier alpha value is -1.06. The maximum atomic E-state index is 12.4. The molecule has 0 aromatic carbocycles. The van der Waals surface area contributed by atoms with Crippen molar-refractivity contribution in [3.8, 4) is 0 Å². The average Bonchev–Trinajstić information content (AvgIpc) is 2.98. The fourth-order valence-electron chi connectivity index (χ4n) is 3.61. The highest BCUT2D eigenvalue weighted by molar-refractivity contribution is 5.80. The van der Waals surface area contributed by atoms with Gasteiger partial charge in [0, 0.05) is 19.5 Å². The van der Waals surface area contributed by atoms with Crippen LogP contribution in [0.2, 0.25) is 0 Å². The molecule has 0 aromatic rings. The van der Waals surface area contributed by atoms with Gasteiger partial charge in [0.05, 0.1) is 13.0 Å². The molecule has 0 saturated heterocycles. The van der Waals surface area contributed by atoms with Gasteiger partial charge in [-0.1, -0.05) is 13.3 Å². The smallest absolute Gasteiger partial charge is 0.310 e. The molecule has 4 atom stereocenters. The van der Waals surface area contributed by atoms with Crippen LogP contribution in [0.1, 0.15) is 32.6 Å². The van der Waals surface area contributed by atoms with Crippen molar-refractivity contribution in [2.75, 3.05) is 20.7 Å². The molecule has 4 nitrogen and oxygen atoms in total. The fourth-order valence-corrected chi connectivity index (χ4v) is 3.61. The molecule has 2 fully saturated rings. The van der Waals surface area contributed by atoms with E-state index >= 15 is 0 Å². The molecule has 0 heterocycles. The summed E-state index contributed by atoms with van der Waals surface area (Å²) in [5.41, 5.74) is 0. The van der Waals surface area contributed by atoms with Gasteiger partial charge in [0.25, 0.3) is 0 Å². The maximum Gasteiger partial charge on any atom is 0.310 e. The van der Waals surface area contributed by atoms with E-state index in [1.807, 2.05) is 0 Å². The van der Waals surface area contributed by atoms with Crippen LogP contribution >= 0.6 is 0 Å². The lowest BCUT2D eigenvalue weighted by molar-refractivity contribution is -0.146. The number of methoxy groups -OCH3 is 1. The van der Waals surface area contributed by atoms with Gasteiger partial charge in [-0.2, -0.15) is 0 Å². The summed E-state index contributed by atoms with van der Waals surface area (Å²) in [5.74, 6) is 1.30. The van der Waals surface area contributed by atoms with Crippen molar-refractivity contribution < 1.29 is 14.3 Å². The zero-order valence-electron chi connectivity index (χ0n) is 11.5. The minimum atomic E-state index is -0.248. The first-order valence-corrected chi connectivity index (χ1v) is 6.85. The van der Waals surface area contributed by atoms with E-state index in [1.54, 1.807) is 18.9 Å². The summed E-state index contributed by atoms with van der Waals surface area (Å²) in [7, 11) is 3.18. The Morgan fingerprint density at radius 1 is 1.33 bits per heavy atom. The molecule has 2 saturated carbocycles. The molecule has 0 N–H and O–H groups in total. The molecule has 2 rings (SSSR count). The average molecular weight is 253 g/mol. The van der Waals surface area contributed by atoms with E-state index in [9.17, 15) is 9.59 Å². The molecular formula is C14H23NO3. The number of hydrogen-bond acceptors (Lipinski definition) is 3. The van der Waals surface area contributed by atoms with Crippen LogP contribution in [0.15, 0.2) is 0 Å². The summed E-state index contributed by atoms with van der Waals surface area (Å²) in [6, 6.07) is 0. The number of fused-ring (bicyclic) bond motifs is 2. The van der Waals surface area contributed by atoms with Crippen LogP contribution in [0.4, 0.5) is 0 Å². The molecule has 4 heteroatoms. The number of rotatable bonds is 4. The largest absolute Gasteiger partial charge is 0.469 e. The van der Waals surface area contributed by atoms with Crippen molar-refractivity contribution in [1.82, 2.24) is 4.90 Å². The van der Waals surface area contributed by atoms with Gasteiger partial charge < -0.3 is 9.64 Å². The Morgan fingerprint density at radius 2 is 2.06 bits per heavy atom. The van der Waals surface area contributed by atoms with E-state index in [4.69, 9.17) is 4.74 Å². The van der Waals surface area contributed by atoms with E-state index in [-0.39, 0.29) is 23.7 Å². The molecule has 1 amide bonds. The lowest BCUT2D eigenvalue weighted by atomic mass is 9.87. The number of ether oxygens (including phenoxy) is 1. The second-order valence-corrected chi connectivity index (χ2v) is 5.92. The van der Waals surface area contributed by atoms with E-state index < -0.39 is 0 Å². The minimum absolute atomic E-state index is 0.207. The molecule has 18 heavy (non-hydrogen) atoms. The number of nitrogens with zero attached hydrogens (tertiary/aromatic N) is 1. The summed E-state index contributed by atoms with van der Waals surface area (Å²) in [4.78, 5) is 25.4. The SMILES string of the molecule is COC(=O)C(C)CN(C)C(=O)C1CC2CCC1C2. The van der Waals surface area contributed by atoms with Gasteiger partial charge in [0.15, 0.2) is 0 Å². The quantitative estimate of drug-likeness (QED) is 0.716. The molecule has 2 aliphatic rings. The van der Waals surface area contributed by atoms with E-state index in [1.165, 1.54) is 26.4 Å². The highest BCUT2D eigenvalue weighted by atomic mass is 16.5. The molecule has 0 aromatic heterocycles. The highest BCUT2D eigenvalue weighted by Crippen LogP contribution is 2.48. The fraction of sp³-hybridized carbons (Fsp3) is 0.857. The molecule has 2 bridgehead atoms. The first-order valence-electron chi connectivity index (χ1n) is 6.85. The molecule has 0 spiro atoms. The van der Waals surface area contributed by atoms with Gasteiger partial charge in [0.2, 0.25) is 5.91 Å². The highest BCUT2D eigenvalue weighted by Gasteiger charge is 2.44. The molecule has 2 aliphatic carbocycles. The van der Waals surface area contributed by atoms with Crippen molar-refractivity contribution in [2.45, 2.75) is 32.6 Å². The summed E-state index contributed by atoms with van der Waals surface area (Å²) >= 11 is 0. The number of amides is 1. The number of carbonyl (C=O) groups excluding carboxylic acids is 2. The van der Waals surface area contributed by atoms with Crippen molar-refractivity contribution in [3.63, 3.8) is 0 Å². The van der Waals surface area contributed by atoms with E-state index in [2.05, 4.69) is 0 Å². The normalized spacial score (nSPS) is 31.2. The third-order valence-corrected chi connectivity index (χ3v) is 4.58. The standard InChI is InChI=1S/C14H23NO3/c1-9(14(17)18-3)8-15(2)13(16)12-7-10-4-5-11(12)6-10/h9-12H,4-8H2,1-3H3. The minimum Gasteiger partial charge on any atom is -0.469 e. The predicted octanol–water partition coefficient (Wildman–Crippen LogP) is 1.69. The van der Waals surface area contributed by atoms with Crippen LogP contribution in [0.3, 0.4) is 0 Å². The Bertz CT molecular complexity index is 342. The number of esters is 1. The third-order valence-electron chi connectivity index (χ3n) is 4.58. The molecule has 102 valence electrons. The Kier molecular flexibility index (Phi) is 3.93. The second-order valence-electron chi connectivity index (χ2n) is 5.92. The van der Waals surface area contributed by atoms with Crippen molar-refractivity contribution in [2.24, 2.45) is 23.7 Å². The van der Waals surface area contributed by atoms with Gasteiger partial charge in [-0.05, 0) is 31.1 Å². The van der Waals surface area contributed by atoms with Gasteiger partial charge in [-0.3, -0.25) is 9.59 Å². The lowest BCUT2D eigenvalue weighted by Crippen LogP contribution is -2.39. The number of hydrogen-bond donors (Lipinski definition) is 0. The Balaban J connectivity index is 1.87. The van der Waals surface area contributed by atoms with E-state index in [0.29, 0.717) is 12.5 Å². The molecular weight excluding hydrogens is 230 g/mol. The lowest BCUT2D eigenvalue weighted by Gasteiger charge is -2.27. The maximum absolute atomic E-state index is 12.4. The van der Waals surface area contributed by atoms with Crippen molar-refractivity contribution in [3.05, 3.63) is 0 Å². The van der Waals surface area contributed by atoms with Gasteiger partial charge >= 0.3 is 5.97 Å². The van der Waals surface area contributed by atoms with Crippen LogP contribution in [0.5, 0.6) is 0 Å². The van der Waals surface area contributed by atoms with Crippen LogP contribution < -0.4 is 0 Å². The van der Waals surface area contributed by atoms with Gasteiger partial charge in [-0.15, -0.1) is 0 Å². The third kappa shape index (κ3) is 2.52. The summed E-state index contributed by atoms with van der Waals surface area (Å²) in [6.45, 7) is 2.26. The number of carbonyl (C=O) groups is 2. The van der Waals surface area contributed by atoms with Crippen LogP contribution in [0, 0.1) is 23.7 Å². The zero-order valence-corrected chi connectivity index (χ0v) is 11.5. The van der Waals surface area contributed by atoms with Crippen LogP contribution in [0.25, 0.3) is 0 Å². The van der Waals surface area contributed by atoms with Crippen LogP contribution in [-0.4, -0.2) is 37.5 Å². The molecule has 0 radical (unpaired) electrons. The first-order chi connectivity index (χ1) is 8.52. The zero-order chi connectivity index (χ0) is 13.3. The predicted molar refractivity (Wildman–Crippen MR) is 67.8 cm³/mol. The van der Waals surface area contributed by atoms with Crippen molar-refractivity contribution >= 4 is 11.9 Å². The second kappa shape index (κ2) is 5.29.